The molecule has 0 aliphatic heterocycles. The lowest BCUT2D eigenvalue weighted by Gasteiger charge is -2.20. The molecule has 0 heterocycles. The Kier molecular flexibility index (Phi) is 40.0. The van der Waals surface area contributed by atoms with Crippen LogP contribution in [0.2, 0.25) is 0 Å². The van der Waals surface area contributed by atoms with Gasteiger partial charge in [-0.05, 0) is 96.8 Å². The molecule has 0 aromatic rings. The maximum Gasteiger partial charge on any atom is 0.472 e. The van der Waals surface area contributed by atoms with Crippen LogP contribution < -0.4 is 5.73 Å². The van der Waals surface area contributed by atoms with Gasteiger partial charge >= 0.3 is 25.7 Å². The van der Waals surface area contributed by atoms with Gasteiger partial charge in [0.25, 0.3) is 0 Å². The summed E-state index contributed by atoms with van der Waals surface area (Å²) in [6.07, 6.45) is 48.1. The maximum atomic E-state index is 12.7. The minimum atomic E-state index is -4.74. The van der Waals surface area contributed by atoms with Gasteiger partial charge in [-0.1, -0.05) is 138 Å². The van der Waals surface area contributed by atoms with Crippen molar-refractivity contribution in [1.82, 2.24) is 0 Å². The molecule has 0 amide bonds. The molecule has 0 aromatic heterocycles. The highest BCUT2D eigenvalue weighted by Crippen LogP contribution is 2.43. The van der Waals surface area contributed by atoms with Crippen LogP contribution in [0, 0.1) is 0 Å². The van der Waals surface area contributed by atoms with E-state index in [0.717, 1.165) is 77.0 Å². The summed E-state index contributed by atoms with van der Waals surface area (Å²) in [5.74, 6) is -2.48. The number of unbranched alkanes of at least 4 members (excludes halogenated alkanes) is 14. The highest BCUT2D eigenvalue weighted by Gasteiger charge is 2.28. The van der Waals surface area contributed by atoms with Crippen molar-refractivity contribution in [2.75, 3.05) is 19.8 Å². The second-order valence-corrected chi connectivity index (χ2v) is 16.9. The van der Waals surface area contributed by atoms with Gasteiger partial charge < -0.3 is 30.3 Å². The number of aliphatic carboxylic acids is 1. The fraction of sp³-hybridized carbons (Fsp3) is 0.688. The van der Waals surface area contributed by atoms with Crippen molar-refractivity contribution in [2.24, 2.45) is 5.73 Å². The zero-order valence-corrected chi connectivity index (χ0v) is 38.5. The van der Waals surface area contributed by atoms with Crippen LogP contribution in [0.15, 0.2) is 72.9 Å². The van der Waals surface area contributed by atoms with E-state index in [1.165, 1.54) is 51.4 Å². The number of carboxylic acid groups (broad SMARTS) is 1. The topological polar surface area (TPSA) is 192 Å². The van der Waals surface area contributed by atoms with Crippen molar-refractivity contribution < 1.29 is 52.6 Å². The predicted octanol–water partition coefficient (Wildman–Crippen LogP) is 11.5. The number of carbonyl (C=O) groups is 3. The molecule has 0 saturated heterocycles. The first kappa shape index (κ1) is 57.9. The number of phosphoric ester groups is 1. The zero-order valence-electron chi connectivity index (χ0n) is 37.6. The summed E-state index contributed by atoms with van der Waals surface area (Å²) in [5, 5.41) is 18.2. The summed E-state index contributed by atoms with van der Waals surface area (Å²) in [5.41, 5.74) is 5.33. The molecule has 0 saturated carbocycles. The lowest BCUT2D eigenvalue weighted by molar-refractivity contribution is -0.161. The Balaban J connectivity index is 4.43. The molecule has 0 aliphatic carbocycles. The third kappa shape index (κ3) is 43.3. The maximum absolute atomic E-state index is 12.7. The van der Waals surface area contributed by atoms with Gasteiger partial charge in [-0.2, -0.15) is 0 Å². The molecule has 0 rings (SSSR count). The van der Waals surface area contributed by atoms with Gasteiger partial charge in [-0.15, -0.1) is 0 Å². The van der Waals surface area contributed by atoms with Crippen LogP contribution in [0.3, 0.4) is 0 Å². The molecule has 0 spiro atoms. The quantitative estimate of drug-likeness (QED) is 0.0197. The Morgan fingerprint density at radius 2 is 1.00 bits per heavy atom. The van der Waals surface area contributed by atoms with Crippen molar-refractivity contribution >= 4 is 25.7 Å². The second kappa shape index (κ2) is 42.2. The van der Waals surface area contributed by atoms with Crippen LogP contribution in [-0.2, 0) is 37.5 Å². The van der Waals surface area contributed by atoms with Gasteiger partial charge in [-0.25, -0.2) is 4.57 Å². The van der Waals surface area contributed by atoms with E-state index < -0.39 is 51.1 Å². The second-order valence-electron chi connectivity index (χ2n) is 15.5. The number of nitrogens with two attached hydrogens (primary N) is 1. The number of hydrogen-bond acceptors (Lipinski definition) is 10. The zero-order chi connectivity index (χ0) is 45.1. The number of esters is 2. The van der Waals surface area contributed by atoms with Gasteiger partial charge in [0, 0.05) is 12.8 Å². The van der Waals surface area contributed by atoms with Crippen molar-refractivity contribution in [3.63, 3.8) is 0 Å². The Morgan fingerprint density at radius 3 is 1.51 bits per heavy atom. The average molecular weight is 880 g/mol. The molecular formula is C48H82NO11P. The Labute approximate surface area is 368 Å². The molecule has 4 atom stereocenters. The lowest BCUT2D eigenvalue weighted by atomic mass is 10.1. The fourth-order valence-electron chi connectivity index (χ4n) is 5.81. The first-order valence-electron chi connectivity index (χ1n) is 23.0. The fourth-order valence-corrected chi connectivity index (χ4v) is 6.59. The minimum absolute atomic E-state index is 0.130. The summed E-state index contributed by atoms with van der Waals surface area (Å²) in [6, 6.07) is -1.54. The smallest absolute Gasteiger partial charge is 0.472 e. The van der Waals surface area contributed by atoms with Crippen LogP contribution in [0.1, 0.15) is 174 Å². The summed E-state index contributed by atoms with van der Waals surface area (Å²) in [4.78, 5) is 46.0. The van der Waals surface area contributed by atoms with E-state index in [4.69, 9.17) is 24.8 Å². The molecule has 5 N–H and O–H groups in total. The van der Waals surface area contributed by atoms with Gasteiger partial charge in [0.2, 0.25) is 0 Å². The number of hydrogen-bond donors (Lipinski definition) is 4. The monoisotopic (exact) mass is 880 g/mol. The van der Waals surface area contributed by atoms with E-state index >= 15 is 0 Å². The predicted molar refractivity (Wildman–Crippen MR) is 246 cm³/mol. The normalized spacial score (nSPS) is 14.8. The average Bonchev–Trinajstić information content (AvgIpc) is 3.22. The lowest BCUT2D eigenvalue weighted by Crippen LogP contribution is -2.34. The molecule has 350 valence electrons. The molecule has 0 aromatic carbocycles. The third-order valence-electron chi connectivity index (χ3n) is 9.45. The van der Waals surface area contributed by atoms with E-state index in [2.05, 4.69) is 72.2 Å². The molecule has 0 fully saturated rings. The Bertz CT molecular complexity index is 1320. The third-order valence-corrected chi connectivity index (χ3v) is 10.4. The first-order chi connectivity index (χ1) is 29.5. The minimum Gasteiger partial charge on any atom is -0.480 e. The van der Waals surface area contributed by atoms with Gasteiger partial charge in [-0.3, -0.25) is 23.4 Å². The van der Waals surface area contributed by atoms with E-state index in [9.17, 15) is 28.9 Å². The van der Waals surface area contributed by atoms with Crippen molar-refractivity contribution in [3.05, 3.63) is 72.9 Å². The van der Waals surface area contributed by atoms with Gasteiger partial charge in [0.15, 0.2) is 6.10 Å². The van der Waals surface area contributed by atoms with E-state index in [0.29, 0.717) is 19.3 Å². The summed E-state index contributed by atoms with van der Waals surface area (Å²) in [7, 11) is -4.74. The van der Waals surface area contributed by atoms with Crippen LogP contribution in [0.4, 0.5) is 0 Å². The molecular weight excluding hydrogens is 797 g/mol. The standard InChI is InChI=1S/C48H82NO11P/c1-3-4-5-6-7-8-9-10-11-12-13-14-17-21-24-27-30-33-36-39-47(52)60-44(41-58-61(55,56)59-42-45(49)48(53)54)40-57-46(51)38-35-32-29-26-23-20-18-15-16-19-22-25-28-31-34-37-43(2)50/h7-8,10-11,16,18-20,25-26,28-29,43-45,50H,3-6,9,12-15,17,21-24,27,30-42,49H2,1-2H3,(H,53,54)(H,55,56)/b8-7-,11-10-,19-16-,20-18-,28-25-,29-26-/t43-,44-,45+/m1/s1. The van der Waals surface area contributed by atoms with Gasteiger partial charge in [0.05, 0.1) is 19.3 Å². The summed E-state index contributed by atoms with van der Waals surface area (Å²) in [6.45, 7) is 2.26. The molecule has 12 nitrogen and oxygen atoms in total. The number of allylic oxidation sites excluding steroid dienone is 12. The summed E-state index contributed by atoms with van der Waals surface area (Å²) < 4.78 is 32.7. The molecule has 13 heteroatoms. The first-order valence-corrected chi connectivity index (χ1v) is 24.5. The highest BCUT2D eigenvalue weighted by molar-refractivity contribution is 7.47. The number of carbonyl (C=O) groups excluding carboxylic acids is 2. The van der Waals surface area contributed by atoms with Crippen LogP contribution in [0.25, 0.3) is 0 Å². The van der Waals surface area contributed by atoms with Crippen molar-refractivity contribution in [1.29, 1.82) is 0 Å². The number of aliphatic hydroxyl groups excluding tert-OH is 1. The Hall–Kier alpha value is -3.12. The van der Waals surface area contributed by atoms with Crippen LogP contribution >= 0.6 is 7.82 Å². The molecule has 0 bridgehead atoms. The van der Waals surface area contributed by atoms with E-state index in [-0.39, 0.29) is 25.6 Å². The van der Waals surface area contributed by atoms with E-state index in [1.807, 2.05) is 19.1 Å². The number of phosphoric acid groups is 1. The SMILES string of the molecule is CCCCC/C=C\C/C=C\CCCCCCCCCCCC(=O)O[C@H](COC(=O)CCC/C=C\C/C=C\C/C=C\C/C=C\CCC[C@@H](C)O)COP(=O)(O)OC[C@H](N)C(=O)O. The molecule has 0 radical (unpaired) electrons. The number of ether oxygens (including phenoxy) is 2. The van der Waals surface area contributed by atoms with Crippen molar-refractivity contribution in [3.8, 4) is 0 Å². The van der Waals surface area contributed by atoms with E-state index in [1.54, 1.807) is 0 Å². The molecule has 1 unspecified atom stereocenters. The van der Waals surface area contributed by atoms with Crippen molar-refractivity contribution in [2.45, 2.75) is 193 Å². The molecule has 61 heavy (non-hydrogen) atoms. The highest BCUT2D eigenvalue weighted by atomic mass is 31.2. The van der Waals surface area contributed by atoms with Gasteiger partial charge in [0.1, 0.15) is 12.6 Å². The number of carboxylic acids is 1. The number of aliphatic hydroxyl groups is 1. The Morgan fingerprint density at radius 1 is 0.574 bits per heavy atom. The summed E-state index contributed by atoms with van der Waals surface area (Å²) >= 11 is 0. The van der Waals surface area contributed by atoms with Crippen LogP contribution in [-0.4, -0.2) is 71.1 Å². The number of rotatable bonds is 42. The van der Waals surface area contributed by atoms with Crippen LogP contribution in [0.5, 0.6) is 0 Å². The molecule has 0 aliphatic rings. The largest absolute Gasteiger partial charge is 0.480 e.